The summed E-state index contributed by atoms with van der Waals surface area (Å²) in [6.07, 6.45) is 0. The minimum atomic E-state index is -1.02. The van der Waals surface area contributed by atoms with Gasteiger partial charge in [-0.1, -0.05) is 0 Å². The number of rotatable bonds is 5. The van der Waals surface area contributed by atoms with Gasteiger partial charge in [0, 0.05) is 11.9 Å². The molecule has 0 unspecified atom stereocenters. The number of thiazole rings is 1. The first-order valence-electron chi connectivity index (χ1n) is 5.73. The Morgan fingerprint density at radius 1 is 1.63 bits per heavy atom. The second kappa shape index (κ2) is 5.24. The van der Waals surface area contributed by atoms with Gasteiger partial charge in [0.2, 0.25) is 0 Å². The molecule has 0 atom stereocenters. The lowest BCUT2D eigenvalue weighted by molar-refractivity contribution is -0.159. The average Bonchev–Trinajstić information content (AvgIpc) is 2.80. The lowest BCUT2D eigenvalue weighted by Crippen LogP contribution is -2.63. The molecule has 7 nitrogen and oxygen atoms in total. The summed E-state index contributed by atoms with van der Waals surface area (Å²) in [6.45, 7) is 2.49. The largest absolute Gasteiger partial charge is 0.480 e. The van der Waals surface area contributed by atoms with Gasteiger partial charge in [0.15, 0.2) is 0 Å². The summed E-state index contributed by atoms with van der Waals surface area (Å²) in [7, 11) is 0. The zero-order valence-electron chi connectivity index (χ0n) is 10.5. The Bertz CT molecular complexity index is 496. The number of ether oxygens (including phenoxy) is 1. The zero-order chi connectivity index (χ0) is 14.0. The number of aliphatic carboxylic acids is 1. The van der Waals surface area contributed by atoms with Crippen molar-refractivity contribution >= 4 is 23.2 Å². The summed E-state index contributed by atoms with van der Waals surface area (Å²) in [4.78, 5) is 28.2. The van der Waals surface area contributed by atoms with Crippen LogP contribution in [-0.2, 0) is 16.1 Å². The van der Waals surface area contributed by atoms with Crippen molar-refractivity contribution in [1.82, 2.24) is 9.88 Å². The summed E-state index contributed by atoms with van der Waals surface area (Å²) in [5.74, 6) is -1.19. The average molecular weight is 285 g/mol. The van der Waals surface area contributed by atoms with Crippen molar-refractivity contribution in [3.63, 3.8) is 0 Å². The number of amides is 1. The molecule has 1 fully saturated rings. The zero-order valence-corrected chi connectivity index (χ0v) is 11.3. The van der Waals surface area contributed by atoms with Crippen LogP contribution in [0.1, 0.15) is 22.4 Å². The van der Waals surface area contributed by atoms with E-state index in [0.29, 0.717) is 30.3 Å². The number of hydrogen-bond donors (Lipinski definition) is 2. The third kappa shape index (κ3) is 3.09. The molecule has 0 spiro atoms. The number of carboxylic acids is 1. The van der Waals surface area contributed by atoms with Crippen molar-refractivity contribution < 1.29 is 19.4 Å². The molecule has 0 aromatic carbocycles. The van der Waals surface area contributed by atoms with Crippen molar-refractivity contribution in [2.75, 3.05) is 19.7 Å². The molecule has 2 rings (SSSR count). The van der Waals surface area contributed by atoms with Crippen LogP contribution in [0, 0.1) is 0 Å². The van der Waals surface area contributed by atoms with E-state index in [-0.39, 0.29) is 12.5 Å². The number of aromatic nitrogens is 1. The van der Waals surface area contributed by atoms with E-state index < -0.39 is 11.6 Å². The number of carbonyl (C=O) groups is 2. The van der Waals surface area contributed by atoms with E-state index in [1.54, 1.807) is 17.2 Å². The number of likely N-dealkylation sites (tertiary alicyclic amines) is 1. The van der Waals surface area contributed by atoms with E-state index in [1.165, 1.54) is 11.3 Å². The van der Waals surface area contributed by atoms with E-state index in [1.807, 2.05) is 0 Å². The van der Waals surface area contributed by atoms with Gasteiger partial charge < -0.3 is 20.5 Å². The molecular weight excluding hydrogens is 270 g/mol. The molecule has 2 heterocycles. The van der Waals surface area contributed by atoms with Crippen LogP contribution in [0.4, 0.5) is 0 Å². The first-order chi connectivity index (χ1) is 8.93. The Kier molecular flexibility index (Phi) is 3.83. The first-order valence-corrected chi connectivity index (χ1v) is 6.61. The molecule has 104 valence electrons. The van der Waals surface area contributed by atoms with Crippen LogP contribution in [-0.4, -0.2) is 52.2 Å². The minimum absolute atomic E-state index is 0.174. The van der Waals surface area contributed by atoms with Crippen LogP contribution in [0.15, 0.2) is 5.38 Å². The van der Waals surface area contributed by atoms with E-state index in [9.17, 15) is 9.59 Å². The van der Waals surface area contributed by atoms with E-state index in [4.69, 9.17) is 15.6 Å². The smallest absolute Gasteiger partial charge is 0.329 e. The van der Waals surface area contributed by atoms with Gasteiger partial charge in [-0.25, -0.2) is 9.78 Å². The molecule has 3 N–H and O–H groups in total. The normalized spacial score (nSPS) is 17.1. The summed E-state index contributed by atoms with van der Waals surface area (Å²) in [5.41, 5.74) is 5.24. The highest BCUT2D eigenvalue weighted by atomic mass is 32.1. The van der Waals surface area contributed by atoms with E-state index >= 15 is 0 Å². The molecule has 0 aliphatic carbocycles. The Morgan fingerprint density at radius 2 is 2.32 bits per heavy atom. The highest BCUT2D eigenvalue weighted by Crippen LogP contribution is 2.26. The van der Waals surface area contributed by atoms with Crippen LogP contribution in [0.25, 0.3) is 0 Å². The van der Waals surface area contributed by atoms with Gasteiger partial charge in [-0.15, -0.1) is 11.3 Å². The van der Waals surface area contributed by atoms with E-state index in [0.717, 1.165) is 0 Å². The molecule has 1 saturated heterocycles. The SMILES string of the molecule is CC1(OCC(=O)O)CN(C(=O)c2csc(CN)n2)C1. The van der Waals surface area contributed by atoms with Crippen LogP contribution >= 0.6 is 11.3 Å². The molecule has 0 saturated carbocycles. The monoisotopic (exact) mass is 285 g/mol. The maximum atomic E-state index is 12.0. The van der Waals surface area contributed by atoms with Crippen molar-refractivity contribution in [2.45, 2.75) is 19.1 Å². The highest BCUT2D eigenvalue weighted by molar-refractivity contribution is 7.09. The predicted molar refractivity (Wildman–Crippen MR) is 67.9 cm³/mol. The van der Waals surface area contributed by atoms with Crippen molar-refractivity contribution in [3.05, 3.63) is 16.1 Å². The molecule has 1 amide bonds. The maximum Gasteiger partial charge on any atom is 0.329 e. The lowest BCUT2D eigenvalue weighted by Gasteiger charge is -2.46. The van der Waals surface area contributed by atoms with Crippen molar-refractivity contribution in [3.8, 4) is 0 Å². The fourth-order valence-electron chi connectivity index (χ4n) is 1.90. The molecular formula is C11H15N3O4S. The van der Waals surface area contributed by atoms with Crippen LogP contribution in [0.2, 0.25) is 0 Å². The molecule has 8 heteroatoms. The molecule has 0 radical (unpaired) electrons. The van der Waals surface area contributed by atoms with Gasteiger partial charge in [0.05, 0.1) is 13.1 Å². The fourth-order valence-corrected chi connectivity index (χ4v) is 2.55. The third-order valence-corrected chi connectivity index (χ3v) is 3.70. The first kappa shape index (κ1) is 13.9. The van der Waals surface area contributed by atoms with Gasteiger partial charge in [-0.2, -0.15) is 0 Å². The number of carboxylic acid groups (broad SMARTS) is 1. The van der Waals surface area contributed by atoms with Crippen LogP contribution < -0.4 is 5.73 Å². The predicted octanol–water partition coefficient (Wildman–Crippen LogP) is -0.0825. The van der Waals surface area contributed by atoms with Gasteiger partial charge in [-0.3, -0.25) is 4.79 Å². The molecule has 0 bridgehead atoms. The topological polar surface area (TPSA) is 106 Å². The molecule has 19 heavy (non-hydrogen) atoms. The number of nitrogens with zero attached hydrogens (tertiary/aromatic N) is 2. The second-order valence-corrected chi connectivity index (χ2v) is 5.57. The number of carbonyl (C=O) groups excluding carboxylic acids is 1. The Morgan fingerprint density at radius 3 is 2.84 bits per heavy atom. The number of nitrogens with two attached hydrogens (primary N) is 1. The third-order valence-electron chi connectivity index (χ3n) is 2.83. The second-order valence-electron chi connectivity index (χ2n) is 4.62. The number of hydrogen-bond acceptors (Lipinski definition) is 6. The van der Waals surface area contributed by atoms with Crippen molar-refractivity contribution in [2.24, 2.45) is 5.73 Å². The highest BCUT2D eigenvalue weighted by Gasteiger charge is 2.43. The van der Waals surface area contributed by atoms with Crippen LogP contribution in [0.3, 0.4) is 0 Å². The molecule has 1 aromatic rings. The summed E-state index contributed by atoms with van der Waals surface area (Å²) >= 11 is 1.35. The summed E-state index contributed by atoms with van der Waals surface area (Å²) in [6, 6.07) is 0. The van der Waals surface area contributed by atoms with Crippen molar-refractivity contribution in [1.29, 1.82) is 0 Å². The lowest BCUT2D eigenvalue weighted by atomic mass is 9.96. The summed E-state index contributed by atoms with van der Waals surface area (Å²) < 4.78 is 5.24. The minimum Gasteiger partial charge on any atom is -0.480 e. The fraction of sp³-hybridized carbons (Fsp3) is 0.545. The Labute approximate surface area is 114 Å². The molecule has 1 aliphatic heterocycles. The molecule has 1 aliphatic rings. The maximum absolute atomic E-state index is 12.0. The van der Waals surface area contributed by atoms with E-state index in [2.05, 4.69) is 4.98 Å². The standard InChI is InChI=1S/C11H15N3O4S/c1-11(18-3-9(15)16)5-14(6-11)10(17)7-4-19-8(2-12)13-7/h4H,2-3,5-6,12H2,1H3,(H,15,16). The van der Waals surface area contributed by atoms with Gasteiger partial charge in [0.1, 0.15) is 22.9 Å². The Balaban J connectivity index is 1.89. The van der Waals surface area contributed by atoms with Crippen LogP contribution in [0.5, 0.6) is 0 Å². The summed E-state index contributed by atoms with van der Waals surface area (Å²) in [5, 5.41) is 10.9. The van der Waals surface area contributed by atoms with Gasteiger partial charge in [-0.05, 0) is 6.92 Å². The molecule has 1 aromatic heterocycles. The van der Waals surface area contributed by atoms with Gasteiger partial charge in [0.25, 0.3) is 5.91 Å². The quantitative estimate of drug-likeness (QED) is 0.783. The van der Waals surface area contributed by atoms with Gasteiger partial charge >= 0.3 is 5.97 Å². The Hall–Kier alpha value is -1.51.